The van der Waals surface area contributed by atoms with Gasteiger partial charge in [-0.1, -0.05) is 35.9 Å². The summed E-state index contributed by atoms with van der Waals surface area (Å²) in [6, 6.07) is 19.7. The summed E-state index contributed by atoms with van der Waals surface area (Å²) >= 11 is 6.04. The van der Waals surface area contributed by atoms with E-state index in [0.717, 1.165) is 27.7 Å². The summed E-state index contributed by atoms with van der Waals surface area (Å²) in [6.45, 7) is 0. The SMILES string of the molecule is Fc1ccc(-c2ccc3ncnc(Nc4cccc(Cl)c4)c3c2)cc1. The van der Waals surface area contributed by atoms with E-state index in [0.29, 0.717) is 10.8 Å². The molecule has 25 heavy (non-hydrogen) atoms. The minimum absolute atomic E-state index is 0.254. The van der Waals surface area contributed by atoms with E-state index in [4.69, 9.17) is 11.6 Å². The Kier molecular flexibility index (Phi) is 4.04. The highest BCUT2D eigenvalue weighted by Gasteiger charge is 2.07. The Hall–Kier alpha value is -2.98. The highest BCUT2D eigenvalue weighted by atomic mass is 35.5. The fourth-order valence-corrected chi connectivity index (χ4v) is 2.87. The number of benzene rings is 3. The lowest BCUT2D eigenvalue weighted by Crippen LogP contribution is -1.96. The number of rotatable bonds is 3. The van der Waals surface area contributed by atoms with Gasteiger partial charge in [-0.15, -0.1) is 0 Å². The van der Waals surface area contributed by atoms with Gasteiger partial charge in [0.05, 0.1) is 5.52 Å². The Bertz CT molecular complexity index is 1050. The van der Waals surface area contributed by atoms with Crippen LogP contribution in [0.4, 0.5) is 15.9 Å². The molecule has 0 unspecified atom stereocenters. The van der Waals surface area contributed by atoms with Gasteiger partial charge in [0, 0.05) is 16.1 Å². The van der Waals surface area contributed by atoms with Crippen LogP contribution in [0.25, 0.3) is 22.0 Å². The number of aromatic nitrogens is 2. The van der Waals surface area contributed by atoms with Crippen LogP contribution < -0.4 is 5.32 Å². The summed E-state index contributed by atoms with van der Waals surface area (Å²) < 4.78 is 13.2. The van der Waals surface area contributed by atoms with E-state index in [2.05, 4.69) is 15.3 Å². The fraction of sp³-hybridized carbons (Fsp3) is 0. The molecule has 0 aliphatic rings. The second-order valence-corrected chi connectivity index (χ2v) is 6.03. The van der Waals surface area contributed by atoms with Crippen molar-refractivity contribution >= 4 is 34.0 Å². The van der Waals surface area contributed by atoms with Crippen molar-refractivity contribution in [2.75, 3.05) is 5.32 Å². The molecule has 5 heteroatoms. The van der Waals surface area contributed by atoms with Crippen molar-refractivity contribution in [1.82, 2.24) is 9.97 Å². The standard InChI is InChI=1S/C20H13ClFN3/c21-15-2-1-3-17(11-15)25-20-18-10-14(6-9-19(18)23-12-24-20)13-4-7-16(22)8-5-13/h1-12H,(H,23,24,25). The van der Waals surface area contributed by atoms with Gasteiger partial charge >= 0.3 is 0 Å². The molecule has 122 valence electrons. The van der Waals surface area contributed by atoms with E-state index < -0.39 is 0 Å². The van der Waals surface area contributed by atoms with Crippen LogP contribution in [-0.2, 0) is 0 Å². The Balaban J connectivity index is 1.79. The molecule has 0 radical (unpaired) electrons. The zero-order valence-corrected chi connectivity index (χ0v) is 13.8. The minimum Gasteiger partial charge on any atom is -0.340 e. The lowest BCUT2D eigenvalue weighted by Gasteiger charge is -2.10. The highest BCUT2D eigenvalue weighted by Crippen LogP contribution is 2.29. The predicted molar refractivity (Wildman–Crippen MR) is 99.7 cm³/mol. The van der Waals surface area contributed by atoms with E-state index in [1.165, 1.54) is 18.5 Å². The zero-order chi connectivity index (χ0) is 17.2. The number of halogens is 2. The zero-order valence-electron chi connectivity index (χ0n) is 13.1. The topological polar surface area (TPSA) is 37.8 Å². The summed E-state index contributed by atoms with van der Waals surface area (Å²) in [4.78, 5) is 8.67. The molecule has 4 aromatic rings. The lowest BCUT2D eigenvalue weighted by molar-refractivity contribution is 0.628. The third-order valence-electron chi connectivity index (χ3n) is 3.90. The molecule has 0 bridgehead atoms. The molecule has 0 saturated heterocycles. The molecule has 1 heterocycles. The van der Waals surface area contributed by atoms with Crippen LogP contribution in [0.2, 0.25) is 5.02 Å². The molecule has 0 saturated carbocycles. The van der Waals surface area contributed by atoms with Crippen molar-refractivity contribution in [1.29, 1.82) is 0 Å². The van der Waals surface area contributed by atoms with Crippen molar-refractivity contribution in [3.05, 3.63) is 83.9 Å². The number of fused-ring (bicyclic) bond motifs is 1. The predicted octanol–water partition coefficient (Wildman–Crippen LogP) is 5.83. The van der Waals surface area contributed by atoms with Crippen LogP contribution in [0.15, 0.2) is 73.1 Å². The van der Waals surface area contributed by atoms with Gasteiger partial charge < -0.3 is 5.32 Å². The quantitative estimate of drug-likeness (QED) is 0.505. The Morgan fingerprint density at radius 2 is 1.64 bits per heavy atom. The van der Waals surface area contributed by atoms with E-state index in [1.54, 1.807) is 12.1 Å². The van der Waals surface area contributed by atoms with E-state index in [9.17, 15) is 4.39 Å². The van der Waals surface area contributed by atoms with Gasteiger partial charge in [-0.3, -0.25) is 0 Å². The number of nitrogens with zero attached hydrogens (tertiary/aromatic N) is 2. The lowest BCUT2D eigenvalue weighted by atomic mass is 10.0. The van der Waals surface area contributed by atoms with Gasteiger partial charge in [0.25, 0.3) is 0 Å². The van der Waals surface area contributed by atoms with Gasteiger partial charge in [-0.25, -0.2) is 14.4 Å². The molecule has 0 aliphatic carbocycles. The van der Waals surface area contributed by atoms with E-state index in [-0.39, 0.29) is 5.82 Å². The van der Waals surface area contributed by atoms with Gasteiger partial charge in [-0.2, -0.15) is 0 Å². The first-order valence-electron chi connectivity index (χ1n) is 7.72. The van der Waals surface area contributed by atoms with Crippen LogP contribution in [0.3, 0.4) is 0 Å². The van der Waals surface area contributed by atoms with Gasteiger partial charge in [0.2, 0.25) is 0 Å². The molecular formula is C20H13ClFN3. The molecule has 0 amide bonds. The molecule has 0 fully saturated rings. The molecule has 0 spiro atoms. The number of hydrogen-bond donors (Lipinski definition) is 1. The largest absolute Gasteiger partial charge is 0.340 e. The van der Waals surface area contributed by atoms with Crippen molar-refractivity contribution in [3.63, 3.8) is 0 Å². The van der Waals surface area contributed by atoms with E-state index >= 15 is 0 Å². The molecule has 1 aromatic heterocycles. The second kappa shape index (κ2) is 6.49. The van der Waals surface area contributed by atoms with Crippen molar-refractivity contribution < 1.29 is 4.39 Å². The van der Waals surface area contributed by atoms with Crippen LogP contribution in [-0.4, -0.2) is 9.97 Å². The third kappa shape index (κ3) is 3.30. The highest BCUT2D eigenvalue weighted by molar-refractivity contribution is 6.30. The van der Waals surface area contributed by atoms with Crippen LogP contribution in [0, 0.1) is 5.82 Å². The van der Waals surface area contributed by atoms with Gasteiger partial charge in [-0.05, 0) is 53.6 Å². The normalized spacial score (nSPS) is 10.8. The molecule has 1 N–H and O–H groups in total. The van der Waals surface area contributed by atoms with Crippen LogP contribution in [0.5, 0.6) is 0 Å². The molecule has 4 rings (SSSR count). The summed E-state index contributed by atoms with van der Waals surface area (Å²) in [6.07, 6.45) is 1.52. The first-order chi connectivity index (χ1) is 12.2. The maximum absolute atomic E-state index is 13.2. The summed E-state index contributed by atoms with van der Waals surface area (Å²) in [7, 11) is 0. The maximum atomic E-state index is 13.2. The average molecular weight is 350 g/mol. The molecule has 0 atom stereocenters. The number of hydrogen-bond acceptors (Lipinski definition) is 3. The number of anilines is 2. The smallest absolute Gasteiger partial charge is 0.141 e. The molecular weight excluding hydrogens is 337 g/mol. The number of nitrogens with one attached hydrogen (secondary N) is 1. The van der Waals surface area contributed by atoms with Crippen LogP contribution in [0.1, 0.15) is 0 Å². The Morgan fingerprint density at radius 3 is 2.44 bits per heavy atom. The Labute approximate surface area is 149 Å². The molecule has 3 aromatic carbocycles. The average Bonchev–Trinajstić information content (AvgIpc) is 2.62. The first-order valence-corrected chi connectivity index (χ1v) is 8.10. The third-order valence-corrected chi connectivity index (χ3v) is 4.14. The monoisotopic (exact) mass is 349 g/mol. The summed E-state index contributed by atoms with van der Waals surface area (Å²) in [5.74, 6) is 0.437. The maximum Gasteiger partial charge on any atom is 0.141 e. The molecule has 0 aliphatic heterocycles. The van der Waals surface area contributed by atoms with Crippen molar-refractivity contribution in [2.45, 2.75) is 0 Å². The Morgan fingerprint density at radius 1 is 0.840 bits per heavy atom. The summed E-state index contributed by atoms with van der Waals surface area (Å²) in [5, 5.41) is 4.81. The van der Waals surface area contributed by atoms with Crippen molar-refractivity contribution in [3.8, 4) is 11.1 Å². The first kappa shape index (κ1) is 15.5. The van der Waals surface area contributed by atoms with Crippen LogP contribution >= 0.6 is 11.6 Å². The van der Waals surface area contributed by atoms with Gasteiger partial charge in [0.1, 0.15) is 18.0 Å². The minimum atomic E-state index is -0.254. The second-order valence-electron chi connectivity index (χ2n) is 5.60. The summed E-state index contributed by atoms with van der Waals surface area (Å²) in [5.41, 5.74) is 3.57. The van der Waals surface area contributed by atoms with Crippen molar-refractivity contribution in [2.24, 2.45) is 0 Å². The fourth-order valence-electron chi connectivity index (χ4n) is 2.68. The van der Waals surface area contributed by atoms with Gasteiger partial charge in [0.15, 0.2) is 0 Å². The van der Waals surface area contributed by atoms with E-state index in [1.807, 2.05) is 42.5 Å². The molecule has 3 nitrogen and oxygen atoms in total.